The molecule has 96 valence electrons. The van der Waals surface area contributed by atoms with E-state index >= 15 is 0 Å². The van der Waals surface area contributed by atoms with Gasteiger partial charge >= 0.3 is 0 Å². The number of nitrogens with one attached hydrogen (secondary N) is 1. The molecule has 3 aromatic rings. The van der Waals surface area contributed by atoms with Gasteiger partial charge in [-0.2, -0.15) is 0 Å². The lowest BCUT2D eigenvalue weighted by atomic mass is 10.2. The molecule has 1 N–H and O–H groups in total. The van der Waals surface area contributed by atoms with Crippen LogP contribution in [-0.4, -0.2) is 10.8 Å². The van der Waals surface area contributed by atoms with Crippen molar-refractivity contribution in [2.75, 3.05) is 0 Å². The summed E-state index contributed by atoms with van der Waals surface area (Å²) in [7, 11) is 0. The Balaban J connectivity index is 0.000000155. The Morgan fingerprint density at radius 3 is 1.63 bits per heavy atom. The average Bonchev–Trinajstić information content (AvgIpc) is 3.06. The normalized spacial score (nSPS) is 14.6. The number of hydrogen-bond acceptors (Lipinski definition) is 1. The molecule has 0 saturated heterocycles. The topological polar surface area (TPSA) is 32.9 Å². The lowest BCUT2D eigenvalue weighted by Crippen LogP contribution is -1.81. The van der Waals surface area contributed by atoms with Gasteiger partial charge in [0.15, 0.2) is 0 Å². The number of benzene rings is 2. The molecule has 1 fully saturated rings. The summed E-state index contributed by atoms with van der Waals surface area (Å²) >= 11 is 0. The molecule has 1 aliphatic carbocycles. The Kier molecular flexibility index (Phi) is 3.32. The Morgan fingerprint density at radius 2 is 1.21 bits per heavy atom. The van der Waals surface area contributed by atoms with E-state index in [9.17, 15) is 4.79 Å². The SMILES string of the molecule is O=C1CCCC1.c1ccc2c(c1)[nH]c1ccccc12. The number of aromatic amines is 1. The molecule has 2 heteroatoms. The molecule has 1 aromatic heterocycles. The Bertz CT molecular complexity index is 653. The van der Waals surface area contributed by atoms with Crippen molar-refractivity contribution in [2.24, 2.45) is 0 Å². The predicted molar refractivity (Wildman–Crippen MR) is 79.3 cm³/mol. The lowest BCUT2D eigenvalue weighted by molar-refractivity contribution is -0.117. The number of hydrogen-bond donors (Lipinski definition) is 1. The van der Waals surface area contributed by atoms with Crippen LogP contribution in [0, 0.1) is 0 Å². The van der Waals surface area contributed by atoms with E-state index in [1.54, 1.807) is 0 Å². The van der Waals surface area contributed by atoms with E-state index in [0.717, 1.165) is 25.7 Å². The monoisotopic (exact) mass is 251 g/mol. The van der Waals surface area contributed by atoms with Gasteiger partial charge in [0.25, 0.3) is 0 Å². The molecule has 19 heavy (non-hydrogen) atoms. The van der Waals surface area contributed by atoms with Crippen LogP contribution in [0.15, 0.2) is 48.5 Å². The largest absolute Gasteiger partial charge is 0.355 e. The number of para-hydroxylation sites is 2. The van der Waals surface area contributed by atoms with Crippen LogP contribution in [0.25, 0.3) is 21.8 Å². The molecule has 2 nitrogen and oxygen atoms in total. The van der Waals surface area contributed by atoms with Gasteiger partial charge in [0, 0.05) is 34.6 Å². The number of carbonyl (C=O) groups is 1. The van der Waals surface area contributed by atoms with Crippen molar-refractivity contribution in [2.45, 2.75) is 25.7 Å². The first-order valence-corrected chi connectivity index (χ1v) is 6.82. The minimum atomic E-state index is 0.454. The number of rotatable bonds is 0. The number of H-pyrrole nitrogens is 1. The van der Waals surface area contributed by atoms with Crippen LogP contribution in [0.2, 0.25) is 0 Å². The molecule has 0 radical (unpaired) electrons. The van der Waals surface area contributed by atoms with Crippen molar-refractivity contribution < 1.29 is 4.79 Å². The van der Waals surface area contributed by atoms with Gasteiger partial charge in [-0.05, 0) is 25.0 Å². The summed E-state index contributed by atoms with van der Waals surface area (Å²) < 4.78 is 0. The van der Waals surface area contributed by atoms with Crippen LogP contribution < -0.4 is 0 Å². The fourth-order valence-electron chi connectivity index (χ4n) is 2.57. The smallest absolute Gasteiger partial charge is 0.132 e. The minimum absolute atomic E-state index is 0.454. The molecule has 1 heterocycles. The first-order valence-electron chi connectivity index (χ1n) is 6.82. The standard InChI is InChI=1S/C12H9N.C5H8O/c1-3-7-11-9(5-1)10-6-2-4-8-12(10)13-11;6-5-3-1-2-4-5/h1-8,13H;1-4H2. The van der Waals surface area contributed by atoms with Gasteiger partial charge in [0.05, 0.1) is 0 Å². The summed E-state index contributed by atoms with van der Waals surface area (Å²) in [6, 6.07) is 16.8. The van der Waals surface area contributed by atoms with Crippen molar-refractivity contribution in [3.8, 4) is 0 Å². The van der Waals surface area contributed by atoms with Crippen LogP contribution in [0.1, 0.15) is 25.7 Å². The zero-order valence-corrected chi connectivity index (χ0v) is 10.9. The van der Waals surface area contributed by atoms with E-state index in [4.69, 9.17) is 0 Å². The lowest BCUT2D eigenvalue weighted by Gasteiger charge is -1.87. The van der Waals surface area contributed by atoms with E-state index in [-0.39, 0.29) is 0 Å². The van der Waals surface area contributed by atoms with Crippen LogP contribution >= 0.6 is 0 Å². The molecule has 4 rings (SSSR count). The first-order chi connectivity index (χ1) is 9.34. The average molecular weight is 251 g/mol. The van der Waals surface area contributed by atoms with Gasteiger partial charge in [-0.25, -0.2) is 0 Å². The van der Waals surface area contributed by atoms with Gasteiger partial charge in [0.1, 0.15) is 5.78 Å². The summed E-state index contributed by atoms with van der Waals surface area (Å²) in [5, 5.41) is 2.61. The summed E-state index contributed by atoms with van der Waals surface area (Å²) in [6.45, 7) is 0. The maximum atomic E-state index is 10.2. The highest BCUT2D eigenvalue weighted by molar-refractivity contribution is 6.06. The quantitative estimate of drug-likeness (QED) is 0.629. The summed E-state index contributed by atoms with van der Waals surface area (Å²) in [4.78, 5) is 13.6. The Labute approximate surface area is 112 Å². The fraction of sp³-hybridized carbons (Fsp3) is 0.235. The highest BCUT2D eigenvalue weighted by Gasteiger charge is 2.07. The molecule has 1 saturated carbocycles. The highest BCUT2D eigenvalue weighted by atomic mass is 16.1. The van der Waals surface area contributed by atoms with Crippen LogP contribution in [0.5, 0.6) is 0 Å². The summed E-state index contributed by atoms with van der Waals surface area (Å²) in [5.74, 6) is 0.454. The van der Waals surface area contributed by atoms with Gasteiger partial charge in [0.2, 0.25) is 0 Å². The van der Waals surface area contributed by atoms with Gasteiger partial charge in [-0.15, -0.1) is 0 Å². The molecule has 0 unspecified atom stereocenters. The number of ketones is 1. The number of aromatic nitrogens is 1. The second-order valence-electron chi connectivity index (χ2n) is 4.96. The molecular weight excluding hydrogens is 234 g/mol. The van der Waals surface area contributed by atoms with Crippen molar-refractivity contribution in [3.05, 3.63) is 48.5 Å². The molecule has 0 aliphatic heterocycles. The van der Waals surface area contributed by atoms with Crippen LogP contribution in [0.4, 0.5) is 0 Å². The van der Waals surface area contributed by atoms with Crippen molar-refractivity contribution in [1.29, 1.82) is 0 Å². The van der Waals surface area contributed by atoms with E-state index in [1.165, 1.54) is 21.8 Å². The van der Waals surface area contributed by atoms with Crippen molar-refractivity contribution in [3.63, 3.8) is 0 Å². The maximum absolute atomic E-state index is 10.2. The molecule has 0 bridgehead atoms. The second kappa shape index (κ2) is 5.27. The third-order valence-electron chi connectivity index (χ3n) is 3.57. The van der Waals surface area contributed by atoms with Crippen LogP contribution in [0.3, 0.4) is 0 Å². The Morgan fingerprint density at radius 1 is 0.737 bits per heavy atom. The summed E-state index contributed by atoms with van der Waals surface area (Å²) in [6.07, 6.45) is 3.97. The number of carbonyl (C=O) groups excluding carboxylic acids is 1. The fourth-order valence-corrected chi connectivity index (χ4v) is 2.57. The van der Waals surface area contributed by atoms with Gasteiger partial charge in [-0.3, -0.25) is 4.79 Å². The molecule has 0 spiro atoms. The highest BCUT2D eigenvalue weighted by Crippen LogP contribution is 2.24. The number of Topliss-reactive ketones (excluding diaryl/α,β-unsaturated/α-hetero) is 1. The van der Waals surface area contributed by atoms with E-state index < -0.39 is 0 Å². The van der Waals surface area contributed by atoms with Gasteiger partial charge < -0.3 is 4.98 Å². The minimum Gasteiger partial charge on any atom is -0.355 e. The second-order valence-corrected chi connectivity index (χ2v) is 4.96. The first kappa shape index (κ1) is 12.0. The molecular formula is C17H17NO. The zero-order valence-electron chi connectivity index (χ0n) is 10.9. The molecule has 0 atom stereocenters. The van der Waals surface area contributed by atoms with Crippen LogP contribution in [-0.2, 0) is 4.79 Å². The predicted octanol–water partition coefficient (Wildman–Crippen LogP) is 4.45. The van der Waals surface area contributed by atoms with E-state index in [2.05, 4.69) is 53.5 Å². The third-order valence-corrected chi connectivity index (χ3v) is 3.57. The van der Waals surface area contributed by atoms with E-state index in [1.807, 2.05) is 0 Å². The maximum Gasteiger partial charge on any atom is 0.132 e. The van der Waals surface area contributed by atoms with Crippen molar-refractivity contribution in [1.82, 2.24) is 4.98 Å². The zero-order chi connectivity index (χ0) is 13.1. The molecule has 0 amide bonds. The van der Waals surface area contributed by atoms with Crippen molar-refractivity contribution >= 4 is 27.6 Å². The van der Waals surface area contributed by atoms with Gasteiger partial charge in [-0.1, -0.05) is 36.4 Å². The molecule has 2 aromatic carbocycles. The van der Waals surface area contributed by atoms with E-state index in [0.29, 0.717) is 5.78 Å². The third kappa shape index (κ3) is 2.53. The molecule has 1 aliphatic rings. The summed E-state index contributed by atoms with van der Waals surface area (Å²) in [5.41, 5.74) is 2.42. The number of fused-ring (bicyclic) bond motifs is 3. The Hall–Kier alpha value is -2.09.